The van der Waals surface area contributed by atoms with Crippen LogP contribution in [0.1, 0.15) is 65.9 Å². The molecule has 4 amide bonds. The van der Waals surface area contributed by atoms with Gasteiger partial charge >= 0.3 is 5.97 Å². The molecule has 2 aliphatic heterocycles. The number of likely N-dealkylation sites (tertiary alicyclic amines) is 1. The van der Waals surface area contributed by atoms with Crippen LogP contribution in [0.3, 0.4) is 0 Å². The number of fused-ring (bicyclic) bond motifs is 2. The number of carbonyl (C=O) groups is 5. The van der Waals surface area contributed by atoms with Crippen molar-refractivity contribution in [2.45, 2.75) is 103 Å². The van der Waals surface area contributed by atoms with Gasteiger partial charge in [0, 0.05) is 32.9 Å². The number of carbonyl (C=O) groups excluding carboxylic acids is 5. The smallest absolute Gasteiger partial charge is 0.323 e. The minimum Gasteiger partial charge on any atom is -0.491 e. The molecule has 2 fully saturated rings. The molecule has 1 aromatic rings. The highest BCUT2D eigenvalue weighted by molar-refractivity contribution is 6.05. The lowest BCUT2D eigenvalue weighted by Crippen LogP contribution is -2.57. The molecule has 0 aromatic heterocycles. The molecule has 12 nitrogen and oxygen atoms in total. The van der Waals surface area contributed by atoms with Crippen LogP contribution in [0.25, 0.3) is 0 Å². The topological polar surface area (TPSA) is 158 Å². The summed E-state index contributed by atoms with van der Waals surface area (Å²) in [5.74, 6) is -3.25. The second kappa shape index (κ2) is 14.7. The predicted molar refractivity (Wildman–Crippen MR) is 168 cm³/mol. The molecule has 0 spiro atoms. The molecule has 1 aromatic carbocycles. The summed E-state index contributed by atoms with van der Waals surface area (Å²) in [6, 6.07) is 6.46. The Bertz CT molecular complexity index is 1280. The number of rotatable bonds is 13. The Morgan fingerprint density at radius 2 is 1.57 bits per heavy atom. The molecule has 1 aliphatic carbocycles. The molecule has 4 rings (SSSR count). The number of hydrogen-bond acceptors (Lipinski definition) is 9. The minimum absolute atomic E-state index is 0.0299. The van der Waals surface area contributed by atoms with E-state index in [4.69, 9.17) is 19.9 Å². The average Bonchev–Trinajstić information content (AvgIpc) is 3.22. The Morgan fingerprint density at radius 1 is 1.00 bits per heavy atom. The molecule has 0 bridgehead atoms. The highest BCUT2D eigenvalue weighted by Gasteiger charge is 2.54. The first-order chi connectivity index (χ1) is 21.7. The largest absolute Gasteiger partial charge is 0.491 e. The van der Waals surface area contributed by atoms with Crippen LogP contribution in [0, 0.1) is 17.8 Å². The quantitative estimate of drug-likeness (QED) is 0.244. The standard InChI is InChI=1S/C34H48N4O8/c1-20(2)16-25(32(42)37(6)26(29(35)39)17-21-10-8-7-9-11-21)36-24(33(43)46-34(3,4)5)12-13-38-30(40)22-18-27-28(45-15-14-44-27)19-23(22)31(38)41/h7-11,14-15,20,22-28,36H,12-13,16-19H2,1-6H3,(H2,35,39)/t22?,23?,24-,25+,26+,27?,28?/m1/s1. The lowest BCUT2D eigenvalue weighted by atomic mass is 9.77. The van der Waals surface area contributed by atoms with Crippen molar-refractivity contribution in [3.8, 4) is 0 Å². The number of hydrogen-bond donors (Lipinski definition) is 2. The van der Waals surface area contributed by atoms with Crippen molar-refractivity contribution in [2.24, 2.45) is 23.5 Å². The fourth-order valence-electron chi connectivity index (χ4n) is 6.48. The van der Waals surface area contributed by atoms with E-state index >= 15 is 0 Å². The second-order valence-corrected chi connectivity index (χ2v) is 13.9. The predicted octanol–water partition coefficient (Wildman–Crippen LogP) is 2.30. The molecule has 3 aliphatic rings. The van der Waals surface area contributed by atoms with Crippen molar-refractivity contribution in [3.05, 3.63) is 48.4 Å². The summed E-state index contributed by atoms with van der Waals surface area (Å²) >= 11 is 0. The summed E-state index contributed by atoms with van der Waals surface area (Å²) in [6.07, 6.45) is 3.66. The van der Waals surface area contributed by atoms with Crippen molar-refractivity contribution < 1.29 is 38.2 Å². The van der Waals surface area contributed by atoms with Crippen LogP contribution in [-0.4, -0.2) is 88.9 Å². The van der Waals surface area contributed by atoms with E-state index in [0.717, 1.165) is 5.56 Å². The average molecular weight is 641 g/mol. The SMILES string of the molecule is CC(C)C[C@H](N[C@H](CCN1C(=O)C2CC3OC=COC3CC2C1=O)C(=O)OC(C)(C)C)C(=O)N(C)[C@@H](Cc1ccccc1)C(N)=O. The lowest BCUT2D eigenvalue weighted by Gasteiger charge is -2.36. The lowest BCUT2D eigenvalue weighted by molar-refractivity contribution is -0.159. The van der Waals surface area contributed by atoms with Gasteiger partial charge in [-0.2, -0.15) is 0 Å². The Labute approximate surface area is 271 Å². The zero-order valence-corrected chi connectivity index (χ0v) is 27.6. The van der Waals surface area contributed by atoms with Gasteiger partial charge in [0.1, 0.15) is 42.4 Å². The third kappa shape index (κ3) is 8.45. The monoisotopic (exact) mass is 640 g/mol. The first-order valence-corrected chi connectivity index (χ1v) is 16.1. The maximum Gasteiger partial charge on any atom is 0.323 e. The van der Waals surface area contributed by atoms with Gasteiger partial charge < -0.3 is 24.8 Å². The van der Waals surface area contributed by atoms with Gasteiger partial charge in [0.2, 0.25) is 23.6 Å². The summed E-state index contributed by atoms with van der Waals surface area (Å²) < 4.78 is 17.0. The van der Waals surface area contributed by atoms with Gasteiger partial charge in [-0.25, -0.2) is 0 Å². The number of nitrogens with one attached hydrogen (secondary N) is 1. The number of imide groups is 1. The third-order valence-corrected chi connectivity index (χ3v) is 8.76. The molecule has 1 saturated carbocycles. The molecular formula is C34H48N4O8. The first-order valence-electron chi connectivity index (χ1n) is 16.1. The summed E-state index contributed by atoms with van der Waals surface area (Å²) in [6.45, 7) is 9.08. The van der Waals surface area contributed by atoms with Gasteiger partial charge in [0.05, 0.1) is 17.9 Å². The zero-order valence-electron chi connectivity index (χ0n) is 27.6. The highest BCUT2D eigenvalue weighted by Crippen LogP contribution is 2.41. The van der Waals surface area contributed by atoms with Crippen molar-refractivity contribution in [3.63, 3.8) is 0 Å². The van der Waals surface area contributed by atoms with Crippen LogP contribution in [0.5, 0.6) is 0 Å². The van der Waals surface area contributed by atoms with E-state index in [1.807, 2.05) is 44.2 Å². The maximum atomic E-state index is 14.0. The number of ether oxygens (including phenoxy) is 3. The number of nitrogens with two attached hydrogens (primary N) is 1. The fourth-order valence-corrected chi connectivity index (χ4v) is 6.48. The van der Waals surface area contributed by atoms with Crippen molar-refractivity contribution >= 4 is 29.6 Å². The highest BCUT2D eigenvalue weighted by atomic mass is 16.6. The number of esters is 1. The number of benzene rings is 1. The van der Waals surface area contributed by atoms with Gasteiger partial charge in [-0.1, -0.05) is 44.2 Å². The van der Waals surface area contributed by atoms with Gasteiger partial charge in [-0.15, -0.1) is 0 Å². The number of nitrogens with zero attached hydrogens (tertiary/aromatic N) is 2. The molecular weight excluding hydrogens is 592 g/mol. The summed E-state index contributed by atoms with van der Waals surface area (Å²) in [5.41, 5.74) is 5.78. The third-order valence-electron chi connectivity index (χ3n) is 8.76. The second-order valence-electron chi connectivity index (χ2n) is 13.9. The molecule has 4 unspecified atom stereocenters. The summed E-state index contributed by atoms with van der Waals surface area (Å²) in [7, 11) is 1.53. The Hall–Kier alpha value is -3.93. The molecule has 12 heteroatoms. The molecule has 1 saturated heterocycles. The van der Waals surface area contributed by atoms with E-state index in [9.17, 15) is 24.0 Å². The van der Waals surface area contributed by atoms with Crippen LogP contribution in [-0.2, 0) is 44.6 Å². The normalized spacial score (nSPS) is 24.3. The van der Waals surface area contributed by atoms with Gasteiger partial charge in [-0.05, 0) is 45.1 Å². The molecule has 46 heavy (non-hydrogen) atoms. The molecule has 3 N–H and O–H groups in total. The Balaban J connectivity index is 1.52. The van der Waals surface area contributed by atoms with Crippen molar-refractivity contribution in [1.29, 1.82) is 0 Å². The first kappa shape index (κ1) is 34.9. The van der Waals surface area contributed by atoms with Crippen LogP contribution in [0.4, 0.5) is 0 Å². The Morgan fingerprint density at radius 3 is 2.07 bits per heavy atom. The fraction of sp³-hybridized carbons (Fsp3) is 0.618. The van der Waals surface area contributed by atoms with Gasteiger partial charge in [0.25, 0.3) is 0 Å². The van der Waals surface area contributed by atoms with Crippen LogP contribution in [0.15, 0.2) is 42.9 Å². The molecule has 7 atom stereocenters. The van der Waals surface area contributed by atoms with Gasteiger partial charge in [-0.3, -0.25) is 34.2 Å². The van der Waals surface area contributed by atoms with Crippen molar-refractivity contribution in [2.75, 3.05) is 13.6 Å². The number of amides is 4. The zero-order chi connectivity index (χ0) is 33.8. The van der Waals surface area contributed by atoms with E-state index in [0.29, 0.717) is 19.3 Å². The van der Waals surface area contributed by atoms with Crippen LogP contribution < -0.4 is 11.1 Å². The van der Waals surface area contributed by atoms with E-state index < -0.39 is 53.3 Å². The molecule has 252 valence electrons. The summed E-state index contributed by atoms with van der Waals surface area (Å²) in [4.78, 5) is 69.5. The number of primary amides is 1. The van der Waals surface area contributed by atoms with Crippen LogP contribution >= 0.6 is 0 Å². The minimum atomic E-state index is -1.02. The Kier molecular flexibility index (Phi) is 11.1. The summed E-state index contributed by atoms with van der Waals surface area (Å²) in [5, 5.41) is 3.19. The van der Waals surface area contributed by atoms with Gasteiger partial charge in [0.15, 0.2) is 0 Å². The van der Waals surface area contributed by atoms with E-state index in [-0.39, 0.29) is 49.3 Å². The van der Waals surface area contributed by atoms with E-state index in [1.54, 1.807) is 20.8 Å². The van der Waals surface area contributed by atoms with Crippen molar-refractivity contribution in [1.82, 2.24) is 15.1 Å². The molecule has 2 heterocycles. The van der Waals surface area contributed by atoms with Crippen LogP contribution in [0.2, 0.25) is 0 Å². The number of likely N-dealkylation sites (N-methyl/N-ethyl adjacent to an activating group) is 1. The molecule has 0 radical (unpaired) electrons. The van der Waals surface area contributed by atoms with E-state index in [2.05, 4.69) is 5.32 Å². The maximum absolute atomic E-state index is 14.0. The van der Waals surface area contributed by atoms with E-state index in [1.165, 1.54) is 29.4 Å².